The Morgan fingerprint density at radius 1 is 1.42 bits per heavy atom. The summed E-state index contributed by atoms with van der Waals surface area (Å²) in [5.41, 5.74) is -2.33. The van der Waals surface area contributed by atoms with Gasteiger partial charge in [0.25, 0.3) is 5.69 Å². The van der Waals surface area contributed by atoms with Gasteiger partial charge in [-0.1, -0.05) is 0 Å². The maximum Gasteiger partial charge on any atom is 0.417 e. The molecule has 1 saturated heterocycles. The zero-order valence-electron chi connectivity index (χ0n) is 12.7. The second kappa shape index (κ2) is 6.65. The summed E-state index contributed by atoms with van der Waals surface area (Å²) in [6, 6.07) is 1.68. The van der Waals surface area contributed by atoms with Gasteiger partial charge in [-0.05, 0) is 32.0 Å². The minimum absolute atomic E-state index is 0.0113. The summed E-state index contributed by atoms with van der Waals surface area (Å²) >= 11 is 0. The van der Waals surface area contributed by atoms with E-state index >= 15 is 0 Å². The lowest BCUT2D eigenvalue weighted by Gasteiger charge is -2.19. The molecule has 0 spiro atoms. The number of nitrogens with zero attached hydrogens (tertiary/aromatic N) is 2. The number of halogens is 3. The van der Waals surface area contributed by atoms with Crippen LogP contribution in [0.25, 0.3) is 0 Å². The number of benzene rings is 1. The summed E-state index contributed by atoms with van der Waals surface area (Å²) in [5.74, 6) is 0.0113. The second-order valence-electron chi connectivity index (χ2n) is 5.51. The molecule has 1 aliphatic rings. The third kappa shape index (κ3) is 3.68. The molecule has 7 nitrogen and oxygen atoms in total. The van der Waals surface area contributed by atoms with Crippen LogP contribution in [-0.4, -0.2) is 44.3 Å². The number of nitro groups is 1. The molecular weight excluding hydrogens is 351 g/mol. The van der Waals surface area contributed by atoms with Gasteiger partial charge in [-0.3, -0.25) is 10.1 Å². The third-order valence-corrected chi connectivity index (χ3v) is 5.76. The predicted octanol–water partition coefficient (Wildman–Crippen LogP) is 1.84. The maximum absolute atomic E-state index is 13.2. The van der Waals surface area contributed by atoms with E-state index in [2.05, 4.69) is 5.32 Å². The second-order valence-corrected chi connectivity index (χ2v) is 7.42. The van der Waals surface area contributed by atoms with Crippen LogP contribution in [0.1, 0.15) is 12.0 Å². The molecule has 0 saturated carbocycles. The monoisotopic (exact) mass is 367 g/mol. The zero-order valence-corrected chi connectivity index (χ0v) is 13.5. The van der Waals surface area contributed by atoms with Crippen molar-refractivity contribution in [2.24, 2.45) is 5.92 Å². The number of alkyl halides is 3. The van der Waals surface area contributed by atoms with Crippen molar-refractivity contribution < 1.29 is 26.5 Å². The van der Waals surface area contributed by atoms with Gasteiger partial charge in [-0.25, -0.2) is 8.42 Å². The molecule has 1 heterocycles. The SMILES string of the molecule is CNCC1CCN(S(=O)(=O)c2ccc([N+](=O)[O-])cc2C(F)(F)F)C1. The quantitative estimate of drug-likeness (QED) is 0.633. The Balaban J connectivity index is 2.45. The molecule has 1 atom stereocenters. The van der Waals surface area contributed by atoms with Gasteiger partial charge in [-0.15, -0.1) is 0 Å². The van der Waals surface area contributed by atoms with Crippen molar-refractivity contribution in [3.63, 3.8) is 0 Å². The average Bonchev–Trinajstić information content (AvgIpc) is 2.95. The molecule has 1 aliphatic heterocycles. The van der Waals surface area contributed by atoms with Gasteiger partial charge >= 0.3 is 6.18 Å². The molecule has 24 heavy (non-hydrogen) atoms. The molecule has 0 bridgehead atoms. The van der Waals surface area contributed by atoms with Crippen LogP contribution in [0.2, 0.25) is 0 Å². The van der Waals surface area contributed by atoms with Crippen LogP contribution < -0.4 is 5.32 Å². The highest BCUT2D eigenvalue weighted by molar-refractivity contribution is 7.89. The minimum Gasteiger partial charge on any atom is -0.319 e. The smallest absolute Gasteiger partial charge is 0.319 e. The molecule has 1 unspecified atom stereocenters. The average molecular weight is 367 g/mol. The summed E-state index contributed by atoms with van der Waals surface area (Å²) in [7, 11) is -2.68. The van der Waals surface area contributed by atoms with E-state index in [9.17, 15) is 31.7 Å². The predicted molar refractivity (Wildman–Crippen MR) is 78.9 cm³/mol. The molecule has 1 fully saturated rings. The van der Waals surface area contributed by atoms with E-state index in [-0.39, 0.29) is 25.1 Å². The summed E-state index contributed by atoms with van der Waals surface area (Å²) < 4.78 is 65.7. The lowest BCUT2D eigenvalue weighted by Crippen LogP contribution is -2.32. The molecule has 0 aliphatic carbocycles. The first-order valence-corrected chi connectivity index (χ1v) is 8.51. The first-order chi connectivity index (χ1) is 11.1. The number of non-ortho nitro benzene ring substituents is 1. The minimum atomic E-state index is -5.02. The topological polar surface area (TPSA) is 92.6 Å². The Kier molecular flexibility index (Phi) is 5.16. The fraction of sp³-hybridized carbons (Fsp3) is 0.538. The van der Waals surface area contributed by atoms with Gasteiger partial charge in [0, 0.05) is 25.2 Å². The van der Waals surface area contributed by atoms with Gasteiger partial charge in [-0.2, -0.15) is 17.5 Å². The molecule has 1 N–H and O–H groups in total. The van der Waals surface area contributed by atoms with E-state index in [1.807, 2.05) is 0 Å². The lowest BCUT2D eigenvalue weighted by molar-refractivity contribution is -0.385. The summed E-state index contributed by atoms with van der Waals surface area (Å²) in [4.78, 5) is 8.73. The summed E-state index contributed by atoms with van der Waals surface area (Å²) in [6.07, 6.45) is -4.48. The van der Waals surface area contributed by atoms with Crippen LogP contribution in [0.15, 0.2) is 23.1 Å². The van der Waals surface area contributed by atoms with Crippen LogP contribution in [0.5, 0.6) is 0 Å². The molecule has 0 amide bonds. The van der Waals surface area contributed by atoms with Crippen molar-refractivity contribution in [1.82, 2.24) is 9.62 Å². The van der Waals surface area contributed by atoms with Crippen molar-refractivity contribution in [1.29, 1.82) is 0 Å². The van der Waals surface area contributed by atoms with Crippen molar-refractivity contribution in [2.45, 2.75) is 17.5 Å². The van der Waals surface area contributed by atoms with E-state index in [0.717, 1.165) is 10.4 Å². The van der Waals surface area contributed by atoms with Gasteiger partial charge in [0.2, 0.25) is 10.0 Å². The standard InChI is InChI=1S/C13H16F3N3O4S/c1-17-7-9-4-5-18(8-9)24(22,23)12-3-2-10(19(20)21)6-11(12)13(14,15)16/h2-3,6,9,17H,4-5,7-8H2,1H3. The number of rotatable bonds is 5. The van der Waals surface area contributed by atoms with E-state index in [1.54, 1.807) is 7.05 Å². The zero-order chi connectivity index (χ0) is 18.1. The first-order valence-electron chi connectivity index (χ1n) is 7.07. The van der Waals surface area contributed by atoms with Crippen LogP contribution in [0.4, 0.5) is 18.9 Å². The van der Waals surface area contributed by atoms with Gasteiger partial charge < -0.3 is 5.32 Å². The normalized spacial score (nSPS) is 19.6. The number of nitro benzene ring substituents is 1. The van der Waals surface area contributed by atoms with E-state index in [1.165, 1.54) is 0 Å². The molecule has 2 rings (SSSR count). The van der Waals surface area contributed by atoms with Crippen molar-refractivity contribution in [3.05, 3.63) is 33.9 Å². The molecule has 1 aromatic rings. The number of hydrogen-bond acceptors (Lipinski definition) is 5. The first kappa shape index (κ1) is 18.6. The van der Waals surface area contributed by atoms with Gasteiger partial charge in [0.05, 0.1) is 15.4 Å². The van der Waals surface area contributed by atoms with E-state index < -0.39 is 37.3 Å². The number of sulfonamides is 1. The Morgan fingerprint density at radius 2 is 2.08 bits per heavy atom. The van der Waals surface area contributed by atoms with Crippen LogP contribution in [0, 0.1) is 16.0 Å². The highest BCUT2D eigenvalue weighted by Crippen LogP contribution is 2.38. The van der Waals surface area contributed by atoms with Crippen LogP contribution in [0.3, 0.4) is 0 Å². The molecule has 0 radical (unpaired) electrons. The summed E-state index contributed by atoms with van der Waals surface area (Å²) in [5, 5.41) is 13.6. The Bertz CT molecular complexity index is 736. The van der Waals surface area contributed by atoms with Crippen LogP contribution >= 0.6 is 0 Å². The van der Waals surface area contributed by atoms with Gasteiger partial charge in [0.1, 0.15) is 0 Å². The van der Waals surface area contributed by atoms with E-state index in [4.69, 9.17) is 0 Å². The molecule has 134 valence electrons. The van der Waals surface area contributed by atoms with Crippen molar-refractivity contribution in [2.75, 3.05) is 26.7 Å². The molecule has 11 heteroatoms. The molecule has 0 aromatic heterocycles. The number of hydrogen-bond donors (Lipinski definition) is 1. The van der Waals surface area contributed by atoms with Crippen molar-refractivity contribution in [3.8, 4) is 0 Å². The largest absolute Gasteiger partial charge is 0.417 e. The van der Waals surface area contributed by atoms with Crippen molar-refractivity contribution >= 4 is 15.7 Å². The van der Waals surface area contributed by atoms with Gasteiger partial charge in [0.15, 0.2) is 0 Å². The lowest BCUT2D eigenvalue weighted by atomic mass is 10.1. The Hall–Kier alpha value is -1.72. The maximum atomic E-state index is 13.2. The molecule has 1 aromatic carbocycles. The summed E-state index contributed by atoms with van der Waals surface area (Å²) in [6.45, 7) is 0.777. The number of nitrogens with one attached hydrogen (secondary N) is 1. The highest BCUT2D eigenvalue weighted by atomic mass is 32.2. The Morgan fingerprint density at radius 3 is 2.62 bits per heavy atom. The fourth-order valence-electron chi connectivity index (χ4n) is 2.69. The third-order valence-electron chi connectivity index (χ3n) is 3.84. The molecular formula is C13H16F3N3O4S. The van der Waals surface area contributed by atoms with Crippen LogP contribution in [-0.2, 0) is 16.2 Å². The fourth-order valence-corrected chi connectivity index (χ4v) is 4.41. The highest BCUT2D eigenvalue weighted by Gasteiger charge is 2.42. The Labute approximate surface area is 136 Å². The van der Waals surface area contributed by atoms with E-state index in [0.29, 0.717) is 19.0 Å².